The summed E-state index contributed by atoms with van der Waals surface area (Å²) in [5, 5.41) is 0. The van der Waals surface area contributed by atoms with Crippen LogP contribution in [0, 0.1) is 12.8 Å². The van der Waals surface area contributed by atoms with Gasteiger partial charge in [-0.15, -0.1) is 0 Å². The number of fused-ring (bicyclic) bond motifs is 1. The molecule has 0 heterocycles. The van der Waals surface area contributed by atoms with Gasteiger partial charge in [0, 0.05) is 5.56 Å². The van der Waals surface area contributed by atoms with Crippen LogP contribution in [0.1, 0.15) is 68.1 Å². The highest BCUT2D eigenvalue weighted by Gasteiger charge is 2.44. The second kappa shape index (κ2) is 4.61. The third kappa shape index (κ3) is 1.97. The second-order valence-corrected chi connectivity index (χ2v) is 7.39. The molecule has 1 aromatic carbocycles. The number of rotatable bonds is 2. The molecule has 0 fully saturated rings. The molecule has 0 N–H and O–H groups in total. The number of carbonyl (C=O) groups excluding carboxylic acids is 1. The quantitative estimate of drug-likeness (QED) is 0.747. The van der Waals surface area contributed by atoms with Crippen LogP contribution in [0.2, 0.25) is 0 Å². The number of ether oxygens (including phenoxy) is 1. The van der Waals surface area contributed by atoms with Gasteiger partial charge in [-0.05, 0) is 41.2 Å². The largest absolute Gasteiger partial charge is 0.496 e. The molecule has 0 aliphatic heterocycles. The number of methoxy groups -OCH3 is 1. The van der Waals surface area contributed by atoms with Crippen LogP contribution < -0.4 is 4.74 Å². The van der Waals surface area contributed by atoms with E-state index in [1.165, 1.54) is 11.1 Å². The summed E-state index contributed by atoms with van der Waals surface area (Å²) in [5.41, 5.74) is 4.39. The molecule has 0 aromatic heterocycles. The third-order valence-electron chi connectivity index (χ3n) is 5.27. The molecule has 0 bridgehead atoms. The van der Waals surface area contributed by atoms with Gasteiger partial charge < -0.3 is 4.74 Å². The van der Waals surface area contributed by atoms with Crippen molar-refractivity contribution < 1.29 is 9.53 Å². The Bertz CT molecular complexity index is 553. The van der Waals surface area contributed by atoms with Crippen LogP contribution in [0.3, 0.4) is 0 Å². The predicted molar refractivity (Wildman–Crippen MR) is 83.0 cm³/mol. The molecule has 1 aliphatic rings. The monoisotopic (exact) mass is 274 g/mol. The van der Waals surface area contributed by atoms with E-state index in [0.717, 1.165) is 24.0 Å². The maximum atomic E-state index is 11.4. The van der Waals surface area contributed by atoms with Crippen molar-refractivity contribution in [2.24, 2.45) is 5.92 Å². The maximum absolute atomic E-state index is 11.4. The molecule has 1 unspecified atom stereocenters. The van der Waals surface area contributed by atoms with E-state index in [1.54, 1.807) is 7.11 Å². The molecule has 0 radical (unpaired) electrons. The summed E-state index contributed by atoms with van der Waals surface area (Å²) >= 11 is 0. The second-order valence-electron chi connectivity index (χ2n) is 7.39. The molecule has 2 heteroatoms. The average Bonchev–Trinajstić information content (AvgIpc) is 2.34. The van der Waals surface area contributed by atoms with Crippen molar-refractivity contribution in [2.75, 3.05) is 7.11 Å². The first-order valence-electron chi connectivity index (χ1n) is 7.34. The van der Waals surface area contributed by atoms with Gasteiger partial charge >= 0.3 is 0 Å². The van der Waals surface area contributed by atoms with E-state index in [0.29, 0.717) is 11.5 Å². The van der Waals surface area contributed by atoms with Crippen molar-refractivity contribution in [2.45, 2.75) is 58.8 Å². The van der Waals surface area contributed by atoms with Crippen molar-refractivity contribution in [1.29, 1.82) is 0 Å². The molecule has 0 spiro atoms. The van der Waals surface area contributed by atoms with Crippen LogP contribution in [-0.2, 0) is 10.8 Å². The van der Waals surface area contributed by atoms with Crippen molar-refractivity contribution >= 4 is 6.29 Å². The van der Waals surface area contributed by atoms with E-state index >= 15 is 0 Å². The minimum atomic E-state index is 0.0288. The fourth-order valence-electron chi connectivity index (χ4n) is 3.73. The normalized spacial score (nSPS) is 23.1. The van der Waals surface area contributed by atoms with E-state index < -0.39 is 0 Å². The fourth-order valence-corrected chi connectivity index (χ4v) is 3.73. The maximum Gasteiger partial charge on any atom is 0.154 e. The number of hydrogen-bond acceptors (Lipinski definition) is 2. The highest BCUT2D eigenvalue weighted by molar-refractivity contribution is 5.84. The number of aryl methyl sites for hydroxylation is 1. The molecule has 20 heavy (non-hydrogen) atoms. The van der Waals surface area contributed by atoms with Gasteiger partial charge in [-0.25, -0.2) is 0 Å². The molecule has 110 valence electrons. The fraction of sp³-hybridized carbons (Fsp3) is 0.611. The zero-order valence-corrected chi connectivity index (χ0v) is 13.8. The minimum Gasteiger partial charge on any atom is -0.496 e. The zero-order chi connectivity index (χ0) is 15.3. The summed E-state index contributed by atoms with van der Waals surface area (Å²) in [4.78, 5) is 11.4. The van der Waals surface area contributed by atoms with E-state index in [4.69, 9.17) is 4.74 Å². The molecule has 1 aromatic rings. The molecular formula is C18H26O2. The number of carbonyl (C=O) groups is 1. The van der Waals surface area contributed by atoms with Crippen LogP contribution in [-0.4, -0.2) is 13.4 Å². The molecule has 1 atom stereocenters. The Kier molecular flexibility index (Phi) is 3.48. The van der Waals surface area contributed by atoms with Crippen LogP contribution in [0.4, 0.5) is 0 Å². The first-order valence-corrected chi connectivity index (χ1v) is 7.34. The van der Waals surface area contributed by atoms with Crippen LogP contribution >= 0.6 is 0 Å². The lowest BCUT2D eigenvalue weighted by Crippen LogP contribution is -2.40. The summed E-state index contributed by atoms with van der Waals surface area (Å²) in [6.07, 6.45) is 2.03. The number of hydrogen-bond donors (Lipinski definition) is 0. The molecular weight excluding hydrogens is 248 g/mol. The molecule has 1 aliphatic carbocycles. The Labute approximate surface area is 122 Å². The van der Waals surface area contributed by atoms with Crippen molar-refractivity contribution in [3.8, 4) is 5.75 Å². The lowest BCUT2D eigenvalue weighted by Gasteiger charge is -2.47. The highest BCUT2D eigenvalue weighted by atomic mass is 16.5. The Morgan fingerprint density at radius 2 is 1.90 bits per heavy atom. The first-order chi connectivity index (χ1) is 9.16. The summed E-state index contributed by atoms with van der Waals surface area (Å²) in [7, 11) is 1.67. The Hall–Kier alpha value is -1.31. The van der Waals surface area contributed by atoms with Gasteiger partial charge in [0.1, 0.15) is 5.75 Å². The Balaban J connectivity index is 2.89. The summed E-state index contributed by atoms with van der Waals surface area (Å²) in [5.74, 6) is 1.37. The first kappa shape index (κ1) is 15.1. The zero-order valence-electron chi connectivity index (χ0n) is 13.8. The summed E-state index contributed by atoms with van der Waals surface area (Å²) in [6, 6.07) is 2.19. The van der Waals surface area contributed by atoms with Gasteiger partial charge in [0.05, 0.1) is 12.7 Å². The molecule has 0 saturated carbocycles. The van der Waals surface area contributed by atoms with Crippen molar-refractivity contribution in [1.82, 2.24) is 0 Å². The standard InChI is InChI=1S/C18H26O2/c1-11-8-14-15(16(20-7)13(11)10-19)17(3,4)9-12(2)18(14,5)6/h8,10,12H,9H2,1-7H3. The lowest BCUT2D eigenvalue weighted by molar-refractivity contribution is 0.111. The van der Waals surface area contributed by atoms with Gasteiger partial charge in [-0.2, -0.15) is 0 Å². The van der Waals surface area contributed by atoms with Crippen molar-refractivity contribution in [3.63, 3.8) is 0 Å². The minimum absolute atomic E-state index is 0.0288. The van der Waals surface area contributed by atoms with Crippen LogP contribution in [0.25, 0.3) is 0 Å². The average molecular weight is 274 g/mol. The number of benzene rings is 1. The van der Waals surface area contributed by atoms with Crippen LogP contribution in [0.15, 0.2) is 6.07 Å². The number of aldehydes is 1. The van der Waals surface area contributed by atoms with E-state index in [2.05, 4.69) is 40.7 Å². The topological polar surface area (TPSA) is 26.3 Å². The molecule has 2 nitrogen and oxygen atoms in total. The smallest absolute Gasteiger partial charge is 0.154 e. The van der Waals surface area contributed by atoms with E-state index in [9.17, 15) is 4.79 Å². The van der Waals surface area contributed by atoms with Gasteiger partial charge in [0.15, 0.2) is 6.29 Å². The SMILES string of the molecule is COc1c(C=O)c(C)cc2c1C(C)(C)CC(C)C2(C)C. The Morgan fingerprint density at radius 1 is 1.30 bits per heavy atom. The molecule has 0 amide bonds. The molecule has 0 saturated heterocycles. The van der Waals surface area contributed by atoms with Crippen molar-refractivity contribution in [3.05, 3.63) is 28.3 Å². The predicted octanol–water partition coefficient (Wildman–Crippen LogP) is 4.41. The van der Waals surface area contributed by atoms with Gasteiger partial charge in [0.2, 0.25) is 0 Å². The lowest BCUT2D eigenvalue weighted by atomic mass is 9.57. The third-order valence-corrected chi connectivity index (χ3v) is 5.27. The van der Waals surface area contributed by atoms with Crippen LogP contribution in [0.5, 0.6) is 5.75 Å². The van der Waals surface area contributed by atoms with Gasteiger partial charge in [-0.3, -0.25) is 4.79 Å². The summed E-state index contributed by atoms with van der Waals surface area (Å²) < 4.78 is 5.65. The van der Waals surface area contributed by atoms with E-state index in [1.807, 2.05) is 6.92 Å². The molecule has 2 rings (SSSR count). The van der Waals surface area contributed by atoms with E-state index in [-0.39, 0.29) is 10.8 Å². The van der Waals surface area contributed by atoms with Gasteiger partial charge in [0.25, 0.3) is 0 Å². The summed E-state index contributed by atoms with van der Waals surface area (Å²) in [6.45, 7) is 13.4. The van der Waals surface area contributed by atoms with Gasteiger partial charge in [-0.1, -0.05) is 40.7 Å². The Morgan fingerprint density at radius 3 is 2.40 bits per heavy atom. The highest BCUT2D eigenvalue weighted by Crippen LogP contribution is 2.53.